The van der Waals surface area contributed by atoms with Gasteiger partial charge in [0.25, 0.3) is 0 Å². The zero-order valence-electron chi connectivity index (χ0n) is 11.5. The lowest BCUT2D eigenvalue weighted by Gasteiger charge is -2.43. The first-order valence-corrected chi connectivity index (χ1v) is 7.72. The van der Waals surface area contributed by atoms with Crippen molar-refractivity contribution in [1.82, 2.24) is 5.01 Å². The molecule has 2 aliphatic heterocycles. The molecule has 0 aliphatic carbocycles. The number of nitrogens with zero attached hydrogens (tertiary/aromatic N) is 2. The molecule has 0 saturated carbocycles. The molecule has 0 saturated heterocycles. The van der Waals surface area contributed by atoms with E-state index in [4.69, 9.17) is 9.84 Å². The van der Waals surface area contributed by atoms with Crippen molar-refractivity contribution in [2.45, 2.75) is 32.0 Å². The summed E-state index contributed by atoms with van der Waals surface area (Å²) in [6.45, 7) is 4.16. The molecule has 0 bridgehead atoms. The molecular weight excluding hydrogens is 268 g/mol. The molecule has 4 heteroatoms. The van der Waals surface area contributed by atoms with Crippen LogP contribution in [0.3, 0.4) is 0 Å². The molecule has 1 atom stereocenters. The number of para-hydroxylation sites is 1. The summed E-state index contributed by atoms with van der Waals surface area (Å²) in [6, 6.07) is 12.8. The van der Waals surface area contributed by atoms with Gasteiger partial charge in [-0.2, -0.15) is 5.10 Å². The van der Waals surface area contributed by atoms with E-state index in [1.165, 1.54) is 16.2 Å². The van der Waals surface area contributed by atoms with Gasteiger partial charge in [0, 0.05) is 12.0 Å². The Kier molecular flexibility index (Phi) is 2.45. The predicted molar refractivity (Wildman–Crippen MR) is 81.2 cm³/mol. The highest BCUT2D eigenvalue weighted by molar-refractivity contribution is 7.12. The standard InChI is InChI=1S/C16H16N2OS/c1-16(2)18-13(11-6-3-4-7-14(11)19-16)10-12(17-18)15-8-5-9-20-15/h3-9,13H,10H2,1-2H3. The van der Waals surface area contributed by atoms with Crippen molar-refractivity contribution in [3.05, 3.63) is 52.2 Å². The molecule has 4 rings (SSSR count). The van der Waals surface area contributed by atoms with Crippen molar-refractivity contribution in [3.63, 3.8) is 0 Å². The van der Waals surface area contributed by atoms with Gasteiger partial charge in [-0.25, -0.2) is 5.01 Å². The van der Waals surface area contributed by atoms with Gasteiger partial charge in [0.15, 0.2) is 5.72 Å². The Labute approximate surface area is 122 Å². The first kappa shape index (κ1) is 12.0. The molecule has 102 valence electrons. The van der Waals surface area contributed by atoms with Crippen molar-refractivity contribution in [1.29, 1.82) is 0 Å². The molecular formula is C16H16N2OS. The summed E-state index contributed by atoms with van der Waals surface area (Å²) in [6.07, 6.45) is 0.949. The Morgan fingerprint density at radius 1 is 1.25 bits per heavy atom. The first-order valence-electron chi connectivity index (χ1n) is 6.84. The molecule has 2 aliphatic rings. The monoisotopic (exact) mass is 284 g/mol. The minimum absolute atomic E-state index is 0.284. The summed E-state index contributed by atoms with van der Waals surface area (Å²) < 4.78 is 6.12. The van der Waals surface area contributed by atoms with Crippen LogP contribution in [0.15, 0.2) is 46.9 Å². The molecule has 0 N–H and O–H groups in total. The zero-order valence-corrected chi connectivity index (χ0v) is 12.4. The van der Waals surface area contributed by atoms with E-state index < -0.39 is 5.72 Å². The lowest BCUT2D eigenvalue weighted by molar-refractivity contribution is -0.0911. The van der Waals surface area contributed by atoms with Gasteiger partial charge in [0.05, 0.1) is 16.6 Å². The maximum absolute atomic E-state index is 6.12. The van der Waals surface area contributed by atoms with Gasteiger partial charge in [-0.15, -0.1) is 11.3 Å². The number of thiophene rings is 1. The average molecular weight is 284 g/mol. The molecule has 0 fully saturated rings. The van der Waals surface area contributed by atoms with E-state index in [9.17, 15) is 0 Å². The number of fused-ring (bicyclic) bond motifs is 3. The van der Waals surface area contributed by atoms with Gasteiger partial charge < -0.3 is 4.74 Å². The molecule has 3 heterocycles. The van der Waals surface area contributed by atoms with Crippen LogP contribution in [0.1, 0.15) is 36.8 Å². The van der Waals surface area contributed by atoms with Crippen LogP contribution in [0.5, 0.6) is 5.75 Å². The minimum atomic E-state index is -0.405. The van der Waals surface area contributed by atoms with Gasteiger partial charge in [-0.1, -0.05) is 24.3 Å². The first-order chi connectivity index (χ1) is 9.65. The fourth-order valence-corrected chi connectivity index (χ4v) is 3.73. The lowest BCUT2D eigenvalue weighted by atomic mass is 9.97. The fourth-order valence-electron chi connectivity index (χ4n) is 3.00. The van der Waals surface area contributed by atoms with E-state index >= 15 is 0 Å². The molecule has 1 aromatic heterocycles. The molecule has 0 radical (unpaired) electrons. The summed E-state index contributed by atoms with van der Waals surface area (Å²) in [5.41, 5.74) is 2.00. The summed E-state index contributed by atoms with van der Waals surface area (Å²) in [4.78, 5) is 1.26. The van der Waals surface area contributed by atoms with E-state index in [2.05, 4.69) is 54.6 Å². The maximum Gasteiger partial charge on any atom is 0.192 e. The highest BCUT2D eigenvalue weighted by Gasteiger charge is 2.44. The third-order valence-electron chi connectivity index (χ3n) is 3.91. The second-order valence-corrected chi connectivity index (χ2v) is 6.62. The van der Waals surface area contributed by atoms with Crippen molar-refractivity contribution < 1.29 is 4.74 Å². The van der Waals surface area contributed by atoms with E-state index in [0.29, 0.717) is 0 Å². The van der Waals surface area contributed by atoms with Crippen LogP contribution >= 0.6 is 11.3 Å². The topological polar surface area (TPSA) is 24.8 Å². The lowest BCUT2D eigenvalue weighted by Crippen LogP contribution is -2.48. The van der Waals surface area contributed by atoms with Crippen LogP contribution < -0.4 is 4.74 Å². The van der Waals surface area contributed by atoms with Crippen molar-refractivity contribution in [2.24, 2.45) is 5.10 Å². The van der Waals surface area contributed by atoms with Crippen LogP contribution in [-0.2, 0) is 0 Å². The Morgan fingerprint density at radius 2 is 2.10 bits per heavy atom. The SMILES string of the molecule is CC1(C)Oc2ccccc2C2CC(c3cccs3)=NN21. The van der Waals surface area contributed by atoms with Gasteiger partial charge in [0.2, 0.25) is 0 Å². The summed E-state index contributed by atoms with van der Waals surface area (Å²) >= 11 is 1.75. The van der Waals surface area contributed by atoms with Crippen LogP contribution in [0.25, 0.3) is 0 Å². The number of hydrazone groups is 1. The molecule has 3 nitrogen and oxygen atoms in total. The van der Waals surface area contributed by atoms with Gasteiger partial charge >= 0.3 is 0 Å². The molecule has 2 aromatic rings. The maximum atomic E-state index is 6.12. The Hall–Kier alpha value is -1.81. The van der Waals surface area contributed by atoms with E-state index in [1.807, 2.05) is 6.07 Å². The van der Waals surface area contributed by atoms with E-state index in [-0.39, 0.29) is 6.04 Å². The molecule has 1 aromatic carbocycles. The van der Waals surface area contributed by atoms with Crippen LogP contribution in [0.4, 0.5) is 0 Å². The summed E-state index contributed by atoms with van der Waals surface area (Å²) in [5.74, 6) is 0.987. The number of hydrogen-bond acceptors (Lipinski definition) is 4. The second-order valence-electron chi connectivity index (χ2n) is 5.68. The third kappa shape index (κ3) is 1.68. The molecule has 0 spiro atoms. The molecule has 0 amide bonds. The van der Waals surface area contributed by atoms with Crippen molar-refractivity contribution in [2.75, 3.05) is 0 Å². The zero-order chi connectivity index (χ0) is 13.7. The third-order valence-corrected chi connectivity index (χ3v) is 4.82. The Balaban J connectivity index is 1.80. The smallest absolute Gasteiger partial charge is 0.192 e. The number of rotatable bonds is 1. The van der Waals surface area contributed by atoms with E-state index in [1.54, 1.807) is 11.3 Å². The summed E-state index contributed by atoms with van der Waals surface area (Å²) in [7, 11) is 0. The van der Waals surface area contributed by atoms with Crippen LogP contribution in [0.2, 0.25) is 0 Å². The molecule has 20 heavy (non-hydrogen) atoms. The van der Waals surface area contributed by atoms with Gasteiger partial charge in [-0.3, -0.25) is 0 Å². The molecule has 1 unspecified atom stereocenters. The van der Waals surface area contributed by atoms with Crippen molar-refractivity contribution >= 4 is 17.0 Å². The Morgan fingerprint density at radius 3 is 2.90 bits per heavy atom. The van der Waals surface area contributed by atoms with Crippen molar-refractivity contribution in [3.8, 4) is 5.75 Å². The van der Waals surface area contributed by atoms with E-state index in [0.717, 1.165) is 12.2 Å². The van der Waals surface area contributed by atoms with Gasteiger partial charge in [0.1, 0.15) is 5.75 Å². The quantitative estimate of drug-likeness (QED) is 0.790. The Bertz CT molecular complexity index is 676. The fraction of sp³-hybridized carbons (Fsp3) is 0.312. The van der Waals surface area contributed by atoms with Gasteiger partial charge in [-0.05, 0) is 31.4 Å². The van der Waals surface area contributed by atoms with Crippen LogP contribution in [0, 0.1) is 0 Å². The predicted octanol–water partition coefficient (Wildman–Crippen LogP) is 4.03. The number of hydrogen-bond donors (Lipinski definition) is 0. The minimum Gasteiger partial charge on any atom is -0.467 e. The largest absolute Gasteiger partial charge is 0.467 e. The summed E-state index contributed by atoms with van der Waals surface area (Å²) in [5, 5.41) is 9.06. The van der Waals surface area contributed by atoms with Crippen LogP contribution in [-0.4, -0.2) is 16.4 Å². The number of ether oxygens (including phenoxy) is 1. The number of benzene rings is 1. The normalized spacial score (nSPS) is 22.8. The highest BCUT2D eigenvalue weighted by atomic mass is 32.1. The second kappa shape index (κ2) is 4.09. The average Bonchev–Trinajstić information content (AvgIpc) is 3.08. The highest BCUT2D eigenvalue weighted by Crippen LogP contribution is 2.46.